The zero-order valence-corrected chi connectivity index (χ0v) is 8.32. The van der Waals surface area contributed by atoms with Gasteiger partial charge in [0.05, 0.1) is 12.7 Å². The van der Waals surface area contributed by atoms with Crippen LogP contribution in [0.5, 0.6) is 5.75 Å². The first-order chi connectivity index (χ1) is 6.95. The van der Waals surface area contributed by atoms with E-state index in [-0.39, 0.29) is 0 Å². The molecule has 1 fully saturated rings. The van der Waals surface area contributed by atoms with Gasteiger partial charge in [-0.05, 0) is 31.4 Å². The Morgan fingerprint density at radius 3 is 2.50 bits per heavy atom. The van der Waals surface area contributed by atoms with E-state index in [9.17, 15) is 0 Å². The van der Waals surface area contributed by atoms with E-state index >= 15 is 0 Å². The van der Waals surface area contributed by atoms with Crippen LogP contribution in [0.25, 0.3) is 0 Å². The standard InChI is InChI=1S/C12H16O2/c1-2-5-11(6-3-1)13-9-10-14-12-7-4-8-12/h1-3,5-6,12H,4,7-10H2. The third-order valence-electron chi connectivity index (χ3n) is 2.50. The van der Waals surface area contributed by atoms with E-state index in [0.29, 0.717) is 19.3 Å². The molecule has 0 atom stereocenters. The van der Waals surface area contributed by atoms with Crippen LogP contribution < -0.4 is 4.74 Å². The van der Waals surface area contributed by atoms with Crippen LogP contribution in [0.3, 0.4) is 0 Å². The maximum absolute atomic E-state index is 5.57. The molecule has 76 valence electrons. The van der Waals surface area contributed by atoms with Crippen molar-refractivity contribution in [1.29, 1.82) is 0 Å². The first-order valence-corrected chi connectivity index (χ1v) is 5.24. The van der Waals surface area contributed by atoms with Crippen LogP contribution in [0.15, 0.2) is 30.3 Å². The zero-order valence-electron chi connectivity index (χ0n) is 8.32. The summed E-state index contributed by atoms with van der Waals surface area (Å²) in [5.74, 6) is 0.921. The Bertz CT molecular complexity index is 254. The summed E-state index contributed by atoms with van der Waals surface area (Å²) in [6.45, 7) is 1.36. The van der Waals surface area contributed by atoms with Gasteiger partial charge >= 0.3 is 0 Å². The van der Waals surface area contributed by atoms with Gasteiger partial charge < -0.3 is 9.47 Å². The summed E-state index contributed by atoms with van der Waals surface area (Å²) in [5.41, 5.74) is 0. The maximum Gasteiger partial charge on any atom is 0.119 e. The van der Waals surface area contributed by atoms with Crippen molar-refractivity contribution in [3.8, 4) is 5.75 Å². The lowest BCUT2D eigenvalue weighted by Gasteiger charge is -2.25. The average molecular weight is 192 g/mol. The van der Waals surface area contributed by atoms with Crippen LogP contribution in [0.4, 0.5) is 0 Å². The second-order valence-corrected chi connectivity index (χ2v) is 3.59. The topological polar surface area (TPSA) is 18.5 Å². The first kappa shape index (κ1) is 9.53. The molecule has 1 aliphatic rings. The van der Waals surface area contributed by atoms with E-state index in [4.69, 9.17) is 9.47 Å². The second-order valence-electron chi connectivity index (χ2n) is 3.59. The van der Waals surface area contributed by atoms with Crippen molar-refractivity contribution in [2.24, 2.45) is 0 Å². The largest absolute Gasteiger partial charge is 0.491 e. The quantitative estimate of drug-likeness (QED) is 0.668. The zero-order chi connectivity index (χ0) is 9.64. The molecule has 1 aromatic rings. The Labute approximate surface area is 84.8 Å². The van der Waals surface area contributed by atoms with Crippen LogP contribution in [-0.4, -0.2) is 19.3 Å². The molecule has 0 bridgehead atoms. The van der Waals surface area contributed by atoms with E-state index in [1.54, 1.807) is 0 Å². The number of para-hydroxylation sites is 1. The Kier molecular flexibility index (Phi) is 3.41. The molecule has 14 heavy (non-hydrogen) atoms. The normalized spacial score (nSPS) is 16.3. The molecule has 1 aliphatic carbocycles. The van der Waals surface area contributed by atoms with Gasteiger partial charge in [0.15, 0.2) is 0 Å². The van der Waals surface area contributed by atoms with Crippen LogP contribution in [0.2, 0.25) is 0 Å². The van der Waals surface area contributed by atoms with Gasteiger partial charge in [-0.1, -0.05) is 18.2 Å². The molecular weight excluding hydrogens is 176 g/mol. The monoisotopic (exact) mass is 192 g/mol. The highest BCUT2D eigenvalue weighted by Crippen LogP contribution is 2.21. The Balaban J connectivity index is 1.58. The summed E-state index contributed by atoms with van der Waals surface area (Å²) in [6, 6.07) is 9.86. The van der Waals surface area contributed by atoms with Gasteiger partial charge in [-0.15, -0.1) is 0 Å². The first-order valence-electron chi connectivity index (χ1n) is 5.24. The fraction of sp³-hybridized carbons (Fsp3) is 0.500. The summed E-state index contributed by atoms with van der Waals surface area (Å²) in [6.07, 6.45) is 4.29. The van der Waals surface area contributed by atoms with E-state index < -0.39 is 0 Å². The molecule has 0 amide bonds. The minimum atomic E-state index is 0.509. The van der Waals surface area contributed by atoms with Crippen molar-refractivity contribution >= 4 is 0 Å². The fourth-order valence-corrected chi connectivity index (χ4v) is 1.43. The van der Waals surface area contributed by atoms with Gasteiger partial charge in [0.1, 0.15) is 12.4 Å². The lowest BCUT2D eigenvalue weighted by atomic mass is 9.96. The highest BCUT2D eigenvalue weighted by atomic mass is 16.5. The molecule has 2 heteroatoms. The van der Waals surface area contributed by atoms with Gasteiger partial charge in [0, 0.05) is 0 Å². The van der Waals surface area contributed by atoms with Crippen LogP contribution in [0.1, 0.15) is 19.3 Å². The molecule has 0 unspecified atom stereocenters. The van der Waals surface area contributed by atoms with Crippen LogP contribution >= 0.6 is 0 Å². The minimum absolute atomic E-state index is 0.509. The third-order valence-corrected chi connectivity index (χ3v) is 2.50. The lowest BCUT2D eigenvalue weighted by Crippen LogP contribution is -2.23. The van der Waals surface area contributed by atoms with Crippen molar-refractivity contribution in [2.45, 2.75) is 25.4 Å². The van der Waals surface area contributed by atoms with Crippen LogP contribution in [0, 0.1) is 0 Å². The van der Waals surface area contributed by atoms with E-state index in [1.165, 1.54) is 19.3 Å². The van der Waals surface area contributed by atoms with Gasteiger partial charge in [-0.3, -0.25) is 0 Å². The van der Waals surface area contributed by atoms with Crippen molar-refractivity contribution in [3.63, 3.8) is 0 Å². The maximum atomic E-state index is 5.57. The molecule has 2 rings (SSSR count). The minimum Gasteiger partial charge on any atom is -0.491 e. The lowest BCUT2D eigenvalue weighted by molar-refractivity contribution is -0.0103. The number of hydrogen-bond acceptors (Lipinski definition) is 2. The molecule has 0 heterocycles. The number of benzene rings is 1. The Hall–Kier alpha value is -1.02. The van der Waals surface area contributed by atoms with Crippen molar-refractivity contribution in [3.05, 3.63) is 30.3 Å². The smallest absolute Gasteiger partial charge is 0.119 e. The van der Waals surface area contributed by atoms with Crippen molar-refractivity contribution in [2.75, 3.05) is 13.2 Å². The van der Waals surface area contributed by atoms with Gasteiger partial charge in [-0.2, -0.15) is 0 Å². The van der Waals surface area contributed by atoms with E-state index in [2.05, 4.69) is 0 Å². The van der Waals surface area contributed by atoms with Crippen LogP contribution in [-0.2, 0) is 4.74 Å². The predicted octanol–water partition coefficient (Wildman–Crippen LogP) is 2.63. The highest BCUT2D eigenvalue weighted by Gasteiger charge is 2.17. The summed E-state index contributed by atoms with van der Waals surface area (Å²) < 4.78 is 11.1. The van der Waals surface area contributed by atoms with Gasteiger partial charge in [0.25, 0.3) is 0 Å². The molecule has 0 aromatic heterocycles. The van der Waals surface area contributed by atoms with Gasteiger partial charge in [0.2, 0.25) is 0 Å². The fourth-order valence-electron chi connectivity index (χ4n) is 1.43. The summed E-state index contributed by atoms with van der Waals surface area (Å²) in [5, 5.41) is 0. The predicted molar refractivity (Wildman–Crippen MR) is 55.5 cm³/mol. The molecular formula is C12H16O2. The molecule has 0 spiro atoms. The molecule has 2 nitrogen and oxygen atoms in total. The Morgan fingerprint density at radius 1 is 1.07 bits per heavy atom. The molecule has 0 saturated heterocycles. The number of hydrogen-bond donors (Lipinski definition) is 0. The molecule has 1 aromatic carbocycles. The summed E-state index contributed by atoms with van der Waals surface area (Å²) >= 11 is 0. The molecule has 0 N–H and O–H groups in total. The summed E-state index contributed by atoms with van der Waals surface area (Å²) in [7, 11) is 0. The Morgan fingerprint density at radius 2 is 1.86 bits per heavy atom. The van der Waals surface area contributed by atoms with Crippen molar-refractivity contribution < 1.29 is 9.47 Å². The molecule has 0 aliphatic heterocycles. The average Bonchev–Trinajstić information content (AvgIpc) is 2.16. The number of ether oxygens (including phenoxy) is 2. The third kappa shape index (κ3) is 2.74. The molecule has 0 radical (unpaired) electrons. The van der Waals surface area contributed by atoms with Crippen molar-refractivity contribution in [1.82, 2.24) is 0 Å². The second kappa shape index (κ2) is 5.01. The molecule has 1 saturated carbocycles. The number of rotatable bonds is 5. The SMILES string of the molecule is c1ccc(OCCOC2CCC2)cc1. The highest BCUT2D eigenvalue weighted by molar-refractivity contribution is 5.20. The van der Waals surface area contributed by atoms with E-state index in [0.717, 1.165) is 5.75 Å². The summed E-state index contributed by atoms with van der Waals surface area (Å²) in [4.78, 5) is 0. The van der Waals surface area contributed by atoms with Gasteiger partial charge in [-0.25, -0.2) is 0 Å². The van der Waals surface area contributed by atoms with E-state index in [1.807, 2.05) is 30.3 Å².